The zero-order valence-corrected chi connectivity index (χ0v) is 13.0. The average molecular weight is 255 g/mol. The van der Waals surface area contributed by atoms with Crippen LogP contribution in [0.25, 0.3) is 0 Å². The molecule has 0 atom stereocenters. The zero-order valence-electron chi connectivity index (χ0n) is 13.0. The SMILES string of the molecule is CCCC1CCN(C)CC1.CN1CCN(C)CC1. The van der Waals surface area contributed by atoms with Gasteiger partial charge < -0.3 is 14.7 Å². The first kappa shape index (κ1) is 15.9. The van der Waals surface area contributed by atoms with Crippen molar-refractivity contribution < 1.29 is 0 Å². The lowest BCUT2D eigenvalue weighted by molar-refractivity contribution is 0.181. The van der Waals surface area contributed by atoms with E-state index in [0.717, 1.165) is 5.92 Å². The van der Waals surface area contributed by atoms with Crippen molar-refractivity contribution in [2.24, 2.45) is 5.92 Å². The number of hydrogen-bond acceptors (Lipinski definition) is 3. The molecule has 0 unspecified atom stereocenters. The fourth-order valence-corrected chi connectivity index (χ4v) is 2.67. The highest BCUT2D eigenvalue weighted by Crippen LogP contribution is 2.20. The van der Waals surface area contributed by atoms with Gasteiger partial charge >= 0.3 is 0 Å². The molecular weight excluding hydrogens is 222 g/mol. The Morgan fingerprint density at radius 1 is 0.722 bits per heavy atom. The van der Waals surface area contributed by atoms with Crippen LogP contribution in [0.2, 0.25) is 0 Å². The van der Waals surface area contributed by atoms with Crippen LogP contribution in [0.4, 0.5) is 0 Å². The molecule has 2 aliphatic heterocycles. The minimum atomic E-state index is 1.04. The molecule has 3 nitrogen and oxygen atoms in total. The first-order valence-corrected chi connectivity index (χ1v) is 7.67. The van der Waals surface area contributed by atoms with E-state index in [9.17, 15) is 0 Å². The Labute approximate surface area is 114 Å². The number of piperazine rings is 1. The summed E-state index contributed by atoms with van der Waals surface area (Å²) >= 11 is 0. The Balaban J connectivity index is 0.000000184. The lowest BCUT2D eigenvalue weighted by Gasteiger charge is -2.28. The number of nitrogens with zero attached hydrogens (tertiary/aromatic N) is 3. The van der Waals surface area contributed by atoms with Crippen LogP contribution in [0.1, 0.15) is 32.6 Å². The third-order valence-electron chi connectivity index (χ3n) is 4.26. The van der Waals surface area contributed by atoms with Gasteiger partial charge in [-0.3, -0.25) is 0 Å². The van der Waals surface area contributed by atoms with Gasteiger partial charge in [-0.1, -0.05) is 19.8 Å². The first-order chi connectivity index (χ1) is 8.61. The van der Waals surface area contributed by atoms with Crippen molar-refractivity contribution in [2.75, 3.05) is 60.4 Å². The minimum absolute atomic E-state index is 1.04. The van der Waals surface area contributed by atoms with Crippen molar-refractivity contribution in [3.05, 3.63) is 0 Å². The highest BCUT2D eigenvalue weighted by Gasteiger charge is 2.14. The molecule has 2 rings (SSSR count). The predicted molar refractivity (Wildman–Crippen MR) is 80.1 cm³/mol. The maximum absolute atomic E-state index is 2.44. The zero-order chi connectivity index (χ0) is 13.4. The second-order valence-electron chi connectivity index (χ2n) is 6.14. The Kier molecular flexibility index (Phi) is 7.87. The number of hydrogen-bond donors (Lipinski definition) is 0. The molecule has 2 fully saturated rings. The third kappa shape index (κ3) is 6.72. The highest BCUT2D eigenvalue weighted by molar-refractivity contribution is 4.69. The van der Waals surface area contributed by atoms with Crippen LogP contribution >= 0.6 is 0 Å². The minimum Gasteiger partial charge on any atom is -0.306 e. The van der Waals surface area contributed by atoms with E-state index >= 15 is 0 Å². The molecule has 0 aromatic rings. The molecule has 0 spiro atoms. The molecule has 0 radical (unpaired) electrons. The van der Waals surface area contributed by atoms with E-state index in [1.54, 1.807) is 0 Å². The van der Waals surface area contributed by atoms with Gasteiger partial charge in [0.1, 0.15) is 0 Å². The van der Waals surface area contributed by atoms with Gasteiger partial charge in [0.2, 0.25) is 0 Å². The van der Waals surface area contributed by atoms with Gasteiger partial charge in [0, 0.05) is 26.2 Å². The molecule has 0 bridgehead atoms. The van der Waals surface area contributed by atoms with E-state index in [2.05, 4.69) is 42.8 Å². The summed E-state index contributed by atoms with van der Waals surface area (Å²) in [6.45, 7) is 9.87. The predicted octanol–water partition coefficient (Wildman–Crippen LogP) is 1.99. The Morgan fingerprint density at radius 3 is 1.50 bits per heavy atom. The molecule has 2 saturated heterocycles. The normalized spacial score (nSPS) is 24.7. The topological polar surface area (TPSA) is 9.72 Å². The summed E-state index contributed by atoms with van der Waals surface area (Å²) in [5, 5.41) is 0. The Bertz CT molecular complexity index is 182. The fourth-order valence-electron chi connectivity index (χ4n) is 2.67. The number of piperidine rings is 1. The summed E-state index contributed by atoms with van der Waals surface area (Å²) in [7, 11) is 6.57. The standard InChI is InChI=1S/C9H19N.C6H14N2/c1-3-4-9-5-7-10(2)8-6-9;1-7-3-5-8(2)6-4-7/h9H,3-8H2,1-2H3;3-6H2,1-2H3. The van der Waals surface area contributed by atoms with E-state index in [1.165, 1.54) is 65.0 Å². The molecule has 0 N–H and O–H groups in total. The molecule has 0 aromatic heterocycles. The lowest BCUT2D eigenvalue weighted by atomic mass is 9.93. The van der Waals surface area contributed by atoms with Crippen molar-refractivity contribution in [1.29, 1.82) is 0 Å². The van der Waals surface area contributed by atoms with E-state index in [-0.39, 0.29) is 0 Å². The smallest absolute Gasteiger partial charge is 0.0107 e. The van der Waals surface area contributed by atoms with Crippen LogP contribution in [0.15, 0.2) is 0 Å². The van der Waals surface area contributed by atoms with E-state index < -0.39 is 0 Å². The summed E-state index contributed by atoms with van der Waals surface area (Å²) in [6.07, 6.45) is 5.69. The molecule has 2 heterocycles. The quantitative estimate of drug-likeness (QED) is 0.747. The van der Waals surface area contributed by atoms with Crippen molar-refractivity contribution in [3.63, 3.8) is 0 Å². The van der Waals surface area contributed by atoms with Crippen molar-refractivity contribution in [1.82, 2.24) is 14.7 Å². The van der Waals surface area contributed by atoms with Gasteiger partial charge in [0.05, 0.1) is 0 Å². The summed E-state index contributed by atoms with van der Waals surface area (Å²) in [5.74, 6) is 1.04. The molecule has 3 heteroatoms. The van der Waals surface area contributed by atoms with Gasteiger partial charge in [-0.05, 0) is 53.0 Å². The van der Waals surface area contributed by atoms with E-state index in [4.69, 9.17) is 0 Å². The van der Waals surface area contributed by atoms with Crippen LogP contribution in [0.5, 0.6) is 0 Å². The molecule has 108 valence electrons. The van der Waals surface area contributed by atoms with Crippen LogP contribution in [-0.4, -0.2) is 75.1 Å². The summed E-state index contributed by atoms with van der Waals surface area (Å²) in [4.78, 5) is 7.16. The molecular formula is C15H33N3. The van der Waals surface area contributed by atoms with Crippen molar-refractivity contribution in [3.8, 4) is 0 Å². The third-order valence-corrected chi connectivity index (χ3v) is 4.26. The molecule has 0 saturated carbocycles. The average Bonchev–Trinajstić information content (AvgIpc) is 2.37. The molecule has 0 amide bonds. The largest absolute Gasteiger partial charge is 0.306 e. The van der Waals surface area contributed by atoms with Crippen LogP contribution in [0.3, 0.4) is 0 Å². The fraction of sp³-hybridized carbons (Fsp3) is 1.00. The van der Waals surface area contributed by atoms with Gasteiger partial charge in [-0.2, -0.15) is 0 Å². The number of rotatable bonds is 2. The van der Waals surface area contributed by atoms with Gasteiger partial charge in [0.15, 0.2) is 0 Å². The molecule has 18 heavy (non-hydrogen) atoms. The second kappa shape index (κ2) is 8.89. The van der Waals surface area contributed by atoms with Crippen molar-refractivity contribution in [2.45, 2.75) is 32.6 Å². The molecule has 0 aliphatic carbocycles. The highest BCUT2D eigenvalue weighted by atomic mass is 15.2. The van der Waals surface area contributed by atoms with Crippen LogP contribution in [0, 0.1) is 5.92 Å². The van der Waals surface area contributed by atoms with Gasteiger partial charge in [-0.15, -0.1) is 0 Å². The van der Waals surface area contributed by atoms with Crippen molar-refractivity contribution >= 4 is 0 Å². The van der Waals surface area contributed by atoms with E-state index in [1.807, 2.05) is 0 Å². The monoisotopic (exact) mass is 255 g/mol. The second-order valence-corrected chi connectivity index (χ2v) is 6.14. The van der Waals surface area contributed by atoms with E-state index in [0.29, 0.717) is 0 Å². The first-order valence-electron chi connectivity index (χ1n) is 7.67. The van der Waals surface area contributed by atoms with Gasteiger partial charge in [-0.25, -0.2) is 0 Å². The maximum atomic E-state index is 2.44. The summed E-state index contributed by atoms with van der Waals surface area (Å²) in [6, 6.07) is 0. The number of likely N-dealkylation sites (tertiary alicyclic amines) is 1. The summed E-state index contributed by atoms with van der Waals surface area (Å²) < 4.78 is 0. The van der Waals surface area contributed by atoms with Crippen LogP contribution in [-0.2, 0) is 0 Å². The molecule has 2 aliphatic rings. The molecule has 0 aromatic carbocycles. The lowest BCUT2D eigenvalue weighted by Crippen LogP contribution is -2.42. The van der Waals surface area contributed by atoms with Gasteiger partial charge in [0.25, 0.3) is 0 Å². The van der Waals surface area contributed by atoms with Crippen LogP contribution < -0.4 is 0 Å². The number of likely N-dealkylation sites (N-methyl/N-ethyl adjacent to an activating group) is 2. The Hall–Kier alpha value is -0.120. The summed E-state index contributed by atoms with van der Waals surface area (Å²) in [5.41, 5.74) is 0. The maximum Gasteiger partial charge on any atom is 0.0107 e. The Morgan fingerprint density at radius 2 is 1.11 bits per heavy atom.